The third kappa shape index (κ3) is 4.28. The van der Waals surface area contributed by atoms with Gasteiger partial charge in [0.2, 0.25) is 5.91 Å². The minimum Gasteiger partial charge on any atom is -0.375 e. The smallest absolute Gasteiger partial charge is 0.225 e. The summed E-state index contributed by atoms with van der Waals surface area (Å²) in [5.41, 5.74) is 1.91. The number of pyridine rings is 1. The molecule has 1 aliphatic heterocycles. The van der Waals surface area contributed by atoms with Crippen LogP contribution in [-0.2, 0) is 16.1 Å². The molecule has 0 bridgehead atoms. The zero-order chi connectivity index (χ0) is 14.4. The predicted molar refractivity (Wildman–Crippen MR) is 77.3 cm³/mol. The SMILES string of the molecule is CCN(Cc1cccc(C)n1)C(=O)CC1CNCCO1. The summed E-state index contributed by atoms with van der Waals surface area (Å²) < 4.78 is 5.59. The lowest BCUT2D eigenvalue weighted by Crippen LogP contribution is -2.42. The highest BCUT2D eigenvalue weighted by atomic mass is 16.5. The van der Waals surface area contributed by atoms with E-state index in [0.717, 1.165) is 24.5 Å². The second-order valence-corrected chi connectivity index (χ2v) is 5.08. The van der Waals surface area contributed by atoms with Crippen LogP contribution in [0.25, 0.3) is 0 Å². The number of morpholine rings is 1. The summed E-state index contributed by atoms with van der Waals surface area (Å²) in [4.78, 5) is 18.6. The molecule has 5 heteroatoms. The molecule has 110 valence electrons. The van der Waals surface area contributed by atoms with Gasteiger partial charge in [0.1, 0.15) is 0 Å². The molecule has 2 rings (SSSR count). The van der Waals surface area contributed by atoms with Gasteiger partial charge in [-0.3, -0.25) is 9.78 Å². The Hall–Kier alpha value is -1.46. The Morgan fingerprint density at radius 1 is 1.55 bits per heavy atom. The second kappa shape index (κ2) is 7.36. The van der Waals surface area contributed by atoms with Crippen molar-refractivity contribution in [1.29, 1.82) is 0 Å². The fourth-order valence-corrected chi connectivity index (χ4v) is 2.33. The summed E-state index contributed by atoms with van der Waals surface area (Å²) in [6.45, 7) is 7.52. The number of hydrogen-bond donors (Lipinski definition) is 1. The van der Waals surface area contributed by atoms with Crippen molar-refractivity contribution in [2.24, 2.45) is 0 Å². The summed E-state index contributed by atoms with van der Waals surface area (Å²) in [5.74, 6) is 0.129. The minimum absolute atomic E-state index is 0.00392. The van der Waals surface area contributed by atoms with Crippen molar-refractivity contribution < 1.29 is 9.53 Å². The Kier molecular flexibility index (Phi) is 5.49. The number of nitrogens with zero attached hydrogens (tertiary/aromatic N) is 2. The van der Waals surface area contributed by atoms with Gasteiger partial charge in [0.25, 0.3) is 0 Å². The van der Waals surface area contributed by atoms with Crippen molar-refractivity contribution in [3.8, 4) is 0 Å². The van der Waals surface area contributed by atoms with Crippen LogP contribution >= 0.6 is 0 Å². The van der Waals surface area contributed by atoms with E-state index in [1.54, 1.807) is 0 Å². The quantitative estimate of drug-likeness (QED) is 0.876. The molecular formula is C15H23N3O2. The molecule has 0 radical (unpaired) electrons. The summed E-state index contributed by atoms with van der Waals surface area (Å²) >= 11 is 0. The lowest BCUT2D eigenvalue weighted by molar-refractivity contribution is -0.135. The number of aromatic nitrogens is 1. The normalized spacial score (nSPS) is 18.8. The Labute approximate surface area is 120 Å². The van der Waals surface area contributed by atoms with Crippen LogP contribution in [0, 0.1) is 6.92 Å². The predicted octanol–water partition coefficient (Wildman–Crippen LogP) is 1.12. The van der Waals surface area contributed by atoms with Crippen LogP contribution in [0.1, 0.15) is 24.7 Å². The molecule has 1 N–H and O–H groups in total. The fraction of sp³-hybridized carbons (Fsp3) is 0.600. The maximum atomic E-state index is 12.3. The van der Waals surface area contributed by atoms with E-state index in [1.165, 1.54) is 0 Å². The largest absolute Gasteiger partial charge is 0.375 e. The maximum absolute atomic E-state index is 12.3. The first kappa shape index (κ1) is 14.9. The van der Waals surface area contributed by atoms with E-state index in [0.29, 0.717) is 26.1 Å². The molecule has 1 unspecified atom stereocenters. The molecule has 1 aliphatic rings. The van der Waals surface area contributed by atoms with Crippen LogP contribution in [0.5, 0.6) is 0 Å². The summed E-state index contributed by atoms with van der Waals surface area (Å²) in [5, 5.41) is 3.25. The van der Waals surface area contributed by atoms with Crippen molar-refractivity contribution in [3.05, 3.63) is 29.6 Å². The first-order chi connectivity index (χ1) is 9.69. The van der Waals surface area contributed by atoms with Gasteiger partial charge in [0.15, 0.2) is 0 Å². The Morgan fingerprint density at radius 2 is 2.40 bits per heavy atom. The highest BCUT2D eigenvalue weighted by Crippen LogP contribution is 2.09. The minimum atomic E-state index is -0.00392. The van der Waals surface area contributed by atoms with Crippen LogP contribution in [0.4, 0.5) is 0 Å². The Morgan fingerprint density at radius 3 is 3.05 bits per heavy atom. The second-order valence-electron chi connectivity index (χ2n) is 5.08. The van der Waals surface area contributed by atoms with Gasteiger partial charge >= 0.3 is 0 Å². The van der Waals surface area contributed by atoms with Gasteiger partial charge in [-0.2, -0.15) is 0 Å². The number of hydrogen-bond acceptors (Lipinski definition) is 4. The molecule has 0 aliphatic carbocycles. The zero-order valence-electron chi connectivity index (χ0n) is 12.3. The zero-order valence-corrected chi connectivity index (χ0v) is 12.3. The highest BCUT2D eigenvalue weighted by molar-refractivity contribution is 5.76. The van der Waals surface area contributed by atoms with Gasteiger partial charge in [0, 0.05) is 25.3 Å². The van der Waals surface area contributed by atoms with Gasteiger partial charge in [-0.15, -0.1) is 0 Å². The van der Waals surface area contributed by atoms with E-state index >= 15 is 0 Å². The third-order valence-corrected chi connectivity index (χ3v) is 3.44. The molecule has 1 aromatic rings. The van der Waals surface area contributed by atoms with Gasteiger partial charge < -0.3 is 15.0 Å². The lowest BCUT2D eigenvalue weighted by atomic mass is 10.2. The maximum Gasteiger partial charge on any atom is 0.225 e. The van der Waals surface area contributed by atoms with E-state index in [2.05, 4.69) is 10.3 Å². The van der Waals surface area contributed by atoms with E-state index < -0.39 is 0 Å². The monoisotopic (exact) mass is 277 g/mol. The topological polar surface area (TPSA) is 54.5 Å². The van der Waals surface area contributed by atoms with Crippen LogP contribution < -0.4 is 5.32 Å². The van der Waals surface area contributed by atoms with Crippen LogP contribution in [0.15, 0.2) is 18.2 Å². The van der Waals surface area contributed by atoms with E-state index in [9.17, 15) is 4.79 Å². The summed E-state index contributed by atoms with van der Waals surface area (Å²) in [7, 11) is 0. The number of carbonyl (C=O) groups excluding carboxylic acids is 1. The van der Waals surface area contributed by atoms with Gasteiger partial charge in [-0.25, -0.2) is 0 Å². The molecule has 0 aromatic carbocycles. The standard InChI is InChI=1S/C15H23N3O2/c1-3-18(11-13-6-4-5-12(2)17-13)15(19)9-14-10-16-7-8-20-14/h4-6,14,16H,3,7-11H2,1-2H3. The van der Waals surface area contributed by atoms with Crippen molar-refractivity contribution in [1.82, 2.24) is 15.2 Å². The average molecular weight is 277 g/mol. The lowest BCUT2D eigenvalue weighted by Gasteiger charge is -2.26. The molecule has 20 heavy (non-hydrogen) atoms. The molecule has 0 saturated carbocycles. The van der Waals surface area contributed by atoms with Crippen molar-refractivity contribution >= 4 is 5.91 Å². The Balaban J connectivity index is 1.91. The molecule has 1 amide bonds. The number of nitrogens with one attached hydrogen (secondary N) is 1. The number of ether oxygens (including phenoxy) is 1. The summed E-state index contributed by atoms with van der Waals surface area (Å²) in [6.07, 6.45) is 0.433. The number of aryl methyl sites for hydroxylation is 1. The van der Waals surface area contributed by atoms with Crippen molar-refractivity contribution in [2.45, 2.75) is 32.9 Å². The average Bonchev–Trinajstić information content (AvgIpc) is 2.46. The van der Waals surface area contributed by atoms with Crippen LogP contribution in [0.3, 0.4) is 0 Å². The molecule has 2 heterocycles. The number of rotatable bonds is 5. The third-order valence-electron chi connectivity index (χ3n) is 3.44. The van der Waals surface area contributed by atoms with Gasteiger partial charge in [-0.1, -0.05) is 6.07 Å². The fourth-order valence-electron chi connectivity index (χ4n) is 2.33. The van der Waals surface area contributed by atoms with E-state index in [4.69, 9.17) is 4.74 Å². The number of carbonyl (C=O) groups is 1. The molecule has 1 saturated heterocycles. The Bertz CT molecular complexity index is 444. The van der Waals surface area contributed by atoms with Gasteiger partial charge in [0.05, 0.1) is 31.4 Å². The molecule has 1 aromatic heterocycles. The van der Waals surface area contributed by atoms with Gasteiger partial charge in [-0.05, 0) is 26.0 Å². The first-order valence-corrected chi connectivity index (χ1v) is 7.21. The molecule has 0 spiro atoms. The molecule has 1 atom stereocenters. The van der Waals surface area contributed by atoms with Crippen LogP contribution in [0.2, 0.25) is 0 Å². The van der Waals surface area contributed by atoms with Crippen molar-refractivity contribution in [3.63, 3.8) is 0 Å². The van der Waals surface area contributed by atoms with Crippen LogP contribution in [-0.4, -0.2) is 48.1 Å². The molecule has 5 nitrogen and oxygen atoms in total. The number of amides is 1. The van der Waals surface area contributed by atoms with E-state index in [-0.39, 0.29) is 12.0 Å². The molecular weight excluding hydrogens is 254 g/mol. The highest BCUT2D eigenvalue weighted by Gasteiger charge is 2.21. The first-order valence-electron chi connectivity index (χ1n) is 7.21. The summed E-state index contributed by atoms with van der Waals surface area (Å²) in [6, 6.07) is 5.90. The molecule has 1 fully saturated rings. The van der Waals surface area contributed by atoms with E-state index in [1.807, 2.05) is 36.9 Å². The van der Waals surface area contributed by atoms with Crippen molar-refractivity contribution in [2.75, 3.05) is 26.2 Å².